The van der Waals surface area contributed by atoms with E-state index in [1.165, 1.54) is 25.7 Å². The highest BCUT2D eigenvalue weighted by atomic mass is 15.0. The van der Waals surface area contributed by atoms with Crippen LogP contribution in [0.2, 0.25) is 0 Å². The van der Waals surface area contributed by atoms with Crippen molar-refractivity contribution < 1.29 is 0 Å². The smallest absolute Gasteiger partial charge is 0.0108 e. The quantitative estimate of drug-likeness (QED) is 0.491. The van der Waals surface area contributed by atoms with E-state index in [4.69, 9.17) is 5.73 Å². The summed E-state index contributed by atoms with van der Waals surface area (Å²) >= 11 is 0. The molecule has 0 bridgehead atoms. The summed E-state index contributed by atoms with van der Waals surface area (Å²) in [7, 11) is 0. The van der Waals surface area contributed by atoms with Crippen molar-refractivity contribution in [3.05, 3.63) is 0 Å². The molecule has 0 aromatic heterocycles. The van der Waals surface area contributed by atoms with E-state index < -0.39 is 0 Å². The molecule has 1 nitrogen and oxygen atoms in total. The molecule has 0 radical (unpaired) electrons. The van der Waals surface area contributed by atoms with Gasteiger partial charge < -0.3 is 5.73 Å². The molecule has 1 heteroatoms. The summed E-state index contributed by atoms with van der Waals surface area (Å²) in [5, 5.41) is 0. The second-order valence-electron chi connectivity index (χ2n) is 3.92. The van der Waals surface area contributed by atoms with E-state index in [1.807, 2.05) is 0 Å². The molecule has 3 fully saturated rings. The zero-order valence-corrected chi connectivity index (χ0v) is 4.98. The Bertz CT molecular complexity index is 160. The Morgan fingerprint density at radius 1 is 1.38 bits per heavy atom. The number of rotatable bonds is 0. The topological polar surface area (TPSA) is 26.0 Å². The molecule has 0 aromatic rings. The average Bonchev–Trinajstić information content (AvgIpc) is 2.53. The van der Waals surface area contributed by atoms with Gasteiger partial charge in [0, 0.05) is 6.04 Å². The van der Waals surface area contributed by atoms with Crippen LogP contribution in [0.5, 0.6) is 0 Å². The van der Waals surface area contributed by atoms with Crippen molar-refractivity contribution in [3.63, 3.8) is 0 Å². The minimum absolute atomic E-state index is 0.616. The Labute approximate surface area is 49.3 Å². The van der Waals surface area contributed by atoms with E-state index in [1.54, 1.807) is 0 Å². The fourth-order valence-corrected chi connectivity index (χ4v) is 2.53. The lowest BCUT2D eigenvalue weighted by atomic mass is 10.3. The molecule has 2 spiro atoms. The maximum absolute atomic E-state index is 5.78. The van der Waals surface area contributed by atoms with Crippen molar-refractivity contribution >= 4 is 0 Å². The average molecular weight is 109 g/mol. The highest BCUT2D eigenvalue weighted by Crippen LogP contribution is 2.88. The van der Waals surface area contributed by atoms with Crippen molar-refractivity contribution in [2.24, 2.45) is 16.6 Å². The van der Waals surface area contributed by atoms with Gasteiger partial charge in [0.2, 0.25) is 0 Å². The monoisotopic (exact) mass is 109 g/mol. The summed E-state index contributed by atoms with van der Waals surface area (Å²) in [5.41, 5.74) is 7.37. The molecule has 8 heavy (non-hydrogen) atoms. The first kappa shape index (κ1) is 3.89. The van der Waals surface area contributed by atoms with Gasteiger partial charge in [-0.15, -0.1) is 0 Å². The van der Waals surface area contributed by atoms with Crippen molar-refractivity contribution in [1.82, 2.24) is 0 Å². The minimum atomic E-state index is 0.616. The Morgan fingerprint density at radius 3 is 2.12 bits per heavy atom. The molecular formula is C7H11N. The highest BCUT2D eigenvalue weighted by molar-refractivity contribution is 5.34. The number of nitrogens with two attached hydrogens (primary N) is 1. The molecule has 3 saturated carbocycles. The van der Waals surface area contributed by atoms with E-state index in [2.05, 4.69) is 0 Å². The number of hydrogen-bond acceptors (Lipinski definition) is 1. The third-order valence-electron chi connectivity index (χ3n) is 3.57. The fraction of sp³-hybridized carbons (Fsp3) is 1.00. The molecule has 3 rings (SSSR count). The van der Waals surface area contributed by atoms with Crippen molar-refractivity contribution in [2.75, 3.05) is 0 Å². The lowest BCUT2D eigenvalue weighted by molar-refractivity contribution is 0.685. The van der Waals surface area contributed by atoms with Crippen LogP contribution in [0.15, 0.2) is 0 Å². The lowest BCUT2D eigenvalue weighted by Gasteiger charge is -1.82. The molecule has 1 unspecified atom stereocenters. The van der Waals surface area contributed by atoms with Crippen LogP contribution in [0.4, 0.5) is 0 Å². The minimum Gasteiger partial charge on any atom is -0.327 e. The second-order valence-corrected chi connectivity index (χ2v) is 3.92. The van der Waals surface area contributed by atoms with Gasteiger partial charge in [0.15, 0.2) is 0 Å². The molecule has 3 aliphatic rings. The van der Waals surface area contributed by atoms with Crippen LogP contribution < -0.4 is 5.73 Å². The summed E-state index contributed by atoms with van der Waals surface area (Å²) in [4.78, 5) is 0. The molecule has 2 atom stereocenters. The highest BCUT2D eigenvalue weighted by Gasteiger charge is 2.83. The largest absolute Gasteiger partial charge is 0.327 e. The van der Waals surface area contributed by atoms with Gasteiger partial charge in [0.1, 0.15) is 0 Å². The molecular weight excluding hydrogens is 98.1 g/mol. The molecule has 2 N–H and O–H groups in total. The lowest BCUT2D eigenvalue weighted by Crippen LogP contribution is -2.03. The molecule has 0 aromatic carbocycles. The van der Waals surface area contributed by atoms with Gasteiger partial charge in [-0.1, -0.05) is 0 Å². The Kier molecular flexibility index (Phi) is 0.334. The third kappa shape index (κ3) is 0.202. The fourth-order valence-electron chi connectivity index (χ4n) is 2.53. The summed E-state index contributed by atoms with van der Waals surface area (Å²) in [6.07, 6.45) is 5.84. The van der Waals surface area contributed by atoms with Crippen molar-refractivity contribution in [2.45, 2.75) is 31.7 Å². The van der Waals surface area contributed by atoms with Crippen LogP contribution in [-0.2, 0) is 0 Å². The molecule has 44 valence electrons. The summed E-state index contributed by atoms with van der Waals surface area (Å²) in [6.45, 7) is 0. The Morgan fingerprint density at radius 2 is 2.00 bits per heavy atom. The first-order valence-electron chi connectivity index (χ1n) is 3.55. The maximum Gasteiger partial charge on any atom is 0.0108 e. The standard InChI is InChI=1S/C7H11N/c8-5-3-7(5)4-6(7)1-2-6/h5H,1-4,8H2/t5?,7-/m1/s1. The van der Waals surface area contributed by atoms with E-state index in [-0.39, 0.29) is 0 Å². The van der Waals surface area contributed by atoms with E-state index >= 15 is 0 Å². The van der Waals surface area contributed by atoms with Gasteiger partial charge in [-0.3, -0.25) is 0 Å². The predicted octanol–water partition coefficient (Wildman–Crippen LogP) is 0.888. The molecule has 0 heterocycles. The Hall–Kier alpha value is -0.0400. The van der Waals surface area contributed by atoms with E-state index in [9.17, 15) is 0 Å². The maximum atomic E-state index is 5.78. The summed E-state index contributed by atoms with van der Waals surface area (Å²) in [6, 6.07) is 0.616. The van der Waals surface area contributed by atoms with Crippen LogP contribution in [0, 0.1) is 10.8 Å². The molecule has 0 saturated heterocycles. The second kappa shape index (κ2) is 0.688. The van der Waals surface area contributed by atoms with Crippen molar-refractivity contribution in [1.29, 1.82) is 0 Å². The first-order valence-corrected chi connectivity index (χ1v) is 3.55. The van der Waals surface area contributed by atoms with Crippen LogP contribution in [0.1, 0.15) is 25.7 Å². The zero-order valence-electron chi connectivity index (χ0n) is 4.98. The Balaban J connectivity index is 1.97. The number of hydrogen-bond donors (Lipinski definition) is 1. The third-order valence-corrected chi connectivity index (χ3v) is 3.57. The van der Waals surface area contributed by atoms with Crippen LogP contribution in [0.3, 0.4) is 0 Å². The van der Waals surface area contributed by atoms with Crippen molar-refractivity contribution in [3.8, 4) is 0 Å². The summed E-state index contributed by atoms with van der Waals surface area (Å²) in [5.74, 6) is 0. The van der Waals surface area contributed by atoms with Crippen LogP contribution >= 0.6 is 0 Å². The molecule has 0 aliphatic heterocycles. The van der Waals surface area contributed by atoms with Gasteiger partial charge >= 0.3 is 0 Å². The zero-order chi connectivity index (χ0) is 5.41. The van der Waals surface area contributed by atoms with Gasteiger partial charge in [-0.05, 0) is 36.5 Å². The predicted molar refractivity (Wildman–Crippen MR) is 31.3 cm³/mol. The number of fused-ring (bicyclic) bond motifs is 1. The van der Waals surface area contributed by atoms with E-state index in [0.29, 0.717) is 6.04 Å². The normalized spacial score (nSPS) is 61.9. The molecule has 0 amide bonds. The van der Waals surface area contributed by atoms with Gasteiger partial charge in [-0.25, -0.2) is 0 Å². The van der Waals surface area contributed by atoms with Gasteiger partial charge in [0.05, 0.1) is 0 Å². The van der Waals surface area contributed by atoms with Crippen LogP contribution in [0.25, 0.3) is 0 Å². The van der Waals surface area contributed by atoms with Gasteiger partial charge in [-0.2, -0.15) is 0 Å². The summed E-state index contributed by atoms with van der Waals surface area (Å²) < 4.78 is 0. The van der Waals surface area contributed by atoms with Gasteiger partial charge in [0.25, 0.3) is 0 Å². The van der Waals surface area contributed by atoms with E-state index in [0.717, 1.165) is 10.8 Å². The first-order chi connectivity index (χ1) is 3.79. The van der Waals surface area contributed by atoms with Crippen LogP contribution in [-0.4, -0.2) is 6.04 Å². The molecule has 3 aliphatic carbocycles. The SMILES string of the molecule is NC1C[C@@]12CC21CC1.